The van der Waals surface area contributed by atoms with E-state index in [2.05, 4.69) is 14.7 Å². The molecule has 3 heterocycles. The van der Waals surface area contributed by atoms with Crippen LogP contribution in [0, 0.1) is 12.8 Å². The van der Waals surface area contributed by atoms with Crippen molar-refractivity contribution in [3.63, 3.8) is 0 Å². The van der Waals surface area contributed by atoms with Crippen molar-refractivity contribution in [1.29, 1.82) is 0 Å². The number of nitrogens with zero attached hydrogens (tertiary/aromatic N) is 4. The summed E-state index contributed by atoms with van der Waals surface area (Å²) in [4.78, 5) is 25.4. The Labute approximate surface area is 233 Å². The fourth-order valence-corrected chi connectivity index (χ4v) is 6.68. The van der Waals surface area contributed by atoms with Gasteiger partial charge in [0.2, 0.25) is 5.89 Å². The maximum atomic E-state index is 12.9. The molecule has 6 nitrogen and oxygen atoms in total. The van der Waals surface area contributed by atoms with Crippen LogP contribution in [0.15, 0.2) is 28.7 Å². The summed E-state index contributed by atoms with van der Waals surface area (Å²) >= 11 is 6.01. The third kappa shape index (κ3) is 7.47. The van der Waals surface area contributed by atoms with Crippen LogP contribution in [0.25, 0.3) is 11.5 Å². The van der Waals surface area contributed by atoms with Crippen LogP contribution in [-0.4, -0.2) is 77.3 Å². The van der Waals surface area contributed by atoms with Crippen LogP contribution < -0.4 is 0 Å². The van der Waals surface area contributed by atoms with E-state index >= 15 is 0 Å². The van der Waals surface area contributed by atoms with Crippen molar-refractivity contribution in [3.05, 3.63) is 40.7 Å². The van der Waals surface area contributed by atoms with Crippen LogP contribution in [0.2, 0.25) is 5.02 Å². The van der Waals surface area contributed by atoms with Crippen molar-refractivity contribution in [2.24, 2.45) is 5.92 Å². The molecule has 7 heteroatoms. The van der Waals surface area contributed by atoms with Gasteiger partial charge in [-0.2, -0.15) is 0 Å². The first-order valence-corrected chi connectivity index (χ1v) is 15.4. The normalized spacial score (nSPS) is 21.2. The summed E-state index contributed by atoms with van der Waals surface area (Å²) in [6.45, 7) is 10.7. The van der Waals surface area contributed by atoms with E-state index in [0.717, 1.165) is 81.3 Å². The number of rotatable bonds is 10. The SMILES string of the molecule is Cc1oc(-c2ccc(Cl)cc2)nc1CN1CCC(C(=O)CCCCN2CCN(C3CCCCC3)CC2)CC1. The van der Waals surface area contributed by atoms with Crippen LogP contribution in [-0.2, 0) is 11.3 Å². The highest BCUT2D eigenvalue weighted by Gasteiger charge is 2.27. The van der Waals surface area contributed by atoms with E-state index < -0.39 is 0 Å². The summed E-state index contributed by atoms with van der Waals surface area (Å²) in [5.74, 6) is 2.22. The number of oxazole rings is 1. The summed E-state index contributed by atoms with van der Waals surface area (Å²) in [5, 5.41) is 0.706. The molecule has 2 aromatic rings. The highest BCUT2D eigenvalue weighted by atomic mass is 35.5. The fourth-order valence-electron chi connectivity index (χ4n) is 6.55. The highest BCUT2D eigenvalue weighted by Crippen LogP contribution is 2.27. The molecule has 1 aliphatic carbocycles. The minimum Gasteiger partial charge on any atom is -0.441 e. The smallest absolute Gasteiger partial charge is 0.226 e. The zero-order valence-corrected chi connectivity index (χ0v) is 23.9. The van der Waals surface area contributed by atoms with Gasteiger partial charge in [-0.3, -0.25) is 14.6 Å². The largest absolute Gasteiger partial charge is 0.441 e. The van der Waals surface area contributed by atoms with Crippen LogP contribution in [0.4, 0.5) is 0 Å². The summed E-state index contributed by atoms with van der Waals surface area (Å²) in [6.07, 6.45) is 12.0. The first-order chi connectivity index (χ1) is 18.5. The molecule has 0 bridgehead atoms. The highest BCUT2D eigenvalue weighted by molar-refractivity contribution is 6.30. The van der Waals surface area contributed by atoms with Gasteiger partial charge in [-0.05, 0) is 89.3 Å². The number of benzene rings is 1. The van der Waals surface area contributed by atoms with Gasteiger partial charge in [0.1, 0.15) is 11.5 Å². The maximum absolute atomic E-state index is 12.9. The van der Waals surface area contributed by atoms with Gasteiger partial charge in [0.25, 0.3) is 0 Å². The average molecular weight is 541 g/mol. The monoisotopic (exact) mass is 540 g/mol. The molecule has 0 radical (unpaired) electrons. The molecule has 0 atom stereocenters. The van der Waals surface area contributed by atoms with E-state index in [1.54, 1.807) is 0 Å². The summed E-state index contributed by atoms with van der Waals surface area (Å²) < 4.78 is 5.93. The predicted molar refractivity (Wildman–Crippen MR) is 153 cm³/mol. The Balaban J connectivity index is 0.968. The molecule has 2 saturated heterocycles. The second-order valence-electron chi connectivity index (χ2n) is 11.7. The van der Waals surface area contributed by atoms with Gasteiger partial charge in [-0.1, -0.05) is 30.9 Å². The molecule has 0 amide bonds. The number of Topliss-reactive ketones (excluding diaryl/α,β-unsaturated/α-hetero) is 1. The Morgan fingerprint density at radius 1 is 0.921 bits per heavy atom. The second-order valence-corrected chi connectivity index (χ2v) is 12.1. The van der Waals surface area contributed by atoms with Crippen LogP contribution >= 0.6 is 11.6 Å². The van der Waals surface area contributed by atoms with E-state index in [4.69, 9.17) is 21.0 Å². The lowest BCUT2D eigenvalue weighted by molar-refractivity contribution is -0.124. The topological polar surface area (TPSA) is 52.8 Å². The summed E-state index contributed by atoms with van der Waals surface area (Å²) in [6, 6.07) is 8.44. The van der Waals surface area contributed by atoms with E-state index in [1.165, 1.54) is 58.3 Å². The molecule has 5 rings (SSSR count). The van der Waals surface area contributed by atoms with Crippen molar-refractivity contribution in [2.45, 2.75) is 83.7 Å². The first kappa shape index (κ1) is 27.8. The third-order valence-corrected chi connectivity index (χ3v) is 9.30. The molecule has 38 heavy (non-hydrogen) atoms. The molecule has 1 aromatic heterocycles. The average Bonchev–Trinajstić information content (AvgIpc) is 3.32. The summed E-state index contributed by atoms with van der Waals surface area (Å²) in [7, 11) is 0. The maximum Gasteiger partial charge on any atom is 0.226 e. The molecule has 3 fully saturated rings. The molecular formula is C31H45ClN4O2. The van der Waals surface area contributed by atoms with Gasteiger partial charge >= 0.3 is 0 Å². The van der Waals surface area contributed by atoms with Crippen LogP contribution in [0.3, 0.4) is 0 Å². The number of likely N-dealkylation sites (tertiary alicyclic amines) is 1. The molecule has 1 saturated carbocycles. The summed E-state index contributed by atoms with van der Waals surface area (Å²) in [5.41, 5.74) is 1.93. The van der Waals surface area contributed by atoms with Gasteiger partial charge in [0.15, 0.2) is 0 Å². The molecule has 0 unspecified atom stereocenters. The molecule has 0 N–H and O–H groups in total. The molecular weight excluding hydrogens is 496 g/mol. The molecule has 0 spiro atoms. The zero-order valence-electron chi connectivity index (χ0n) is 23.2. The van der Waals surface area contributed by atoms with Crippen molar-refractivity contribution in [1.82, 2.24) is 19.7 Å². The van der Waals surface area contributed by atoms with E-state index in [9.17, 15) is 4.79 Å². The van der Waals surface area contributed by atoms with Crippen molar-refractivity contribution >= 4 is 17.4 Å². The van der Waals surface area contributed by atoms with Crippen molar-refractivity contribution < 1.29 is 9.21 Å². The third-order valence-electron chi connectivity index (χ3n) is 9.05. The number of piperazine rings is 1. The number of piperidine rings is 1. The Bertz CT molecular complexity index is 1020. The van der Waals surface area contributed by atoms with Gasteiger partial charge in [0, 0.05) is 61.7 Å². The molecule has 208 valence electrons. The molecule has 2 aliphatic heterocycles. The minimum atomic E-state index is 0.230. The van der Waals surface area contributed by atoms with Gasteiger partial charge in [-0.15, -0.1) is 0 Å². The number of aryl methyl sites for hydroxylation is 1. The quantitative estimate of drug-likeness (QED) is 0.334. The number of carbonyl (C=O) groups is 1. The molecule has 1 aromatic carbocycles. The van der Waals surface area contributed by atoms with Crippen molar-refractivity contribution in [3.8, 4) is 11.5 Å². The van der Waals surface area contributed by atoms with Gasteiger partial charge in [0.05, 0.1) is 5.69 Å². The van der Waals surface area contributed by atoms with E-state index in [1.807, 2.05) is 31.2 Å². The van der Waals surface area contributed by atoms with E-state index in [-0.39, 0.29) is 5.92 Å². The number of aromatic nitrogens is 1. The van der Waals surface area contributed by atoms with E-state index in [0.29, 0.717) is 16.7 Å². The van der Waals surface area contributed by atoms with Crippen LogP contribution in [0.5, 0.6) is 0 Å². The van der Waals surface area contributed by atoms with Gasteiger partial charge < -0.3 is 9.32 Å². The number of halogens is 1. The second kappa shape index (κ2) is 13.6. The number of hydrogen-bond donors (Lipinski definition) is 0. The lowest BCUT2D eigenvalue weighted by Gasteiger charge is -2.40. The predicted octanol–water partition coefficient (Wildman–Crippen LogP) is 6.21. The first-order valence-electron chi connectivity index (χ1n) is 15.0. The Kier molecular flexibility index (Phi) is 9.93. The minimum absolute atomic E-state index is 0.230. The Morgan fingerprint density at radius 3 is 2.34 bits per heavy atom. The Morgan fingerprint density at radius 2 is 1.63 bits per heavy atom. The van der Waals surface area contributed by atoms with Crippen molar-refractivity contribution in [2.75, 3.05) is 45.8 Å². The fraction of sp³-hybridized carbons (Fsp3) is 0.677. The lowest BCUT2D eigenvalue weighted by Crippen LogP contribution is -2.50. The Hall–Kier alpha value is -1.73. The number of carbonyl (C=O) groups excluding carboxylic acids is 1. The van der Waals surface area contributed by atoms with Crippen LogP contribution in [0.1, 0.15) is 75.7 Å². The standard InChI is InChI=1S/C31H45ClN4O2/c1-24-29(33-31(38-24)26-10-12-27(32)13-11-26)23-35-17-14-25(15-18-35)30(37)9-5-6-16-34-19-21-36(22-20-34)28-7-3-2-4-8-28/h10-13,25,28H,2-9,14-23H2,1H3. The number of ketones is 1. The lowest BCUT2D eigenvalue weighted by atomic mass is 9.90. The molecule has 3 aliphatic rings. The zero-order chi connectivity index (χ0) is 26.3. The number of hydrogen-bond acceptors (Lipinski definition) is 6. The number of unbranched alkanes of at least 4 members (excludes halogenated alkanes) is 1. The van der Waals surface area contributed by atoms with Gasteiger partial charge in [-0.25, -0.2) is 4.98 Å².